The molecule has 4 aliphatic carbocycles. The Labute approximate surface area is 158 Å². The average Bonchev–Trinajstić information content (AvgIpc) is 2.48. The maximum atomic E-state index is 12.0. The minimum absolute atomic E-state index is 0.0979. The van der Waals surface area contributed by atoms with Gasteiger partial charge in [0.1, 0.15) is 5.60 Å². The molecule has 0 saturated heterocycles. The fraction of sp³-hybridized carbons (Fsp3) is 0.905. The van der Waals surface area contributed by atoms with Crippen molar-refractivity contribution < 1.29 is 14.3 Å². The summed E-state index contributed by atoms with van der Waals surface area (Å²) in [5, 5.41) is 5.80. The van der Waals surface area contributed by atoms with Crippen molar-refractivity contribution in [2.45, 2.75) is 84.2 Å². The van der Waals surface area contributed by atoms with Crippen molar-refractivity contribution in [2.75, 3.05) is 13.1 Å². The summed E-state index contributed by atoms with van der Waals surface area (Å²) in [6.07, 6.45) is 10.4. The lowest BCUT2D eigenvalue weighted by Crippen LogP contribution is -2.47. The summed E-state index contributed by atoms with van der Waals surface area (Å²) in [4.78, 5) is 23.6. The first-order valence-corrected chi connectivity index (χ1v) is 10.5. The van der Waals surface area contributed by atoms with E-state index < -0.39 is 11.7 Å². The van der Waals surface area contributed by atoms with Gasteiger partial charge in [0.2, 0.25) is 5.91 Å². The van der Waals surface area contributed by atoms with E-state index in [1.807, 2.05) is 20.8 Å². The molecule has 148 valence electrons. The van der Waals surface area contributed by atoms with Gasteiger partial charge in [0.15, 0.2) is 0 Å². The number of alkyl carbamates (subject to hydrolysis) is 1. The van der Waals surface area contributed by atoms with Crippen molar-refractivity contribution in [3.05, 3.63) is 0 Å². The standard InChI is InChI=1S/C21H36N2O3/c1-20(2,3)26-19(25)23-7-4-5-18(24)22-8-6-21-12-15-9-16(13-21)11-17(10-15)14-21/h15-17H,4-14H2,1-3H3,(H,22,24)(H,23,25). The third-order valence-corrected chi connectivity index (χ3v) is 6.39. The molecule has 0 atom stereocenters. The van der Waals surface area contributed by atoms with E-state index in [4.69, 9.17) is 4.74 Å². The molecule has 0 unspecified atom stereocenters. The van der Waals surface area contributed by atoms with Gasteiger partial charge < -0.3 is 15.4 Å². The van der Waals surface area contributed by atoms with Crippen LogP contribution in [0.1, 0.15) is 78.6 Å². The van der Waals surface area contributed by atoms with Crippen LogP contribution < -0.4 is 10.6 Å². The molecule has 0 aromatic carbocycles. The van der Waals surface area contributed by atoms with Gasteiger partial charge in [-0.3, -0.25) is 4.79 Å². The van der Waals surface area contributed by atoms with Gasteiger partial charge in [-0.2, -0.15) is 0 Å². The zero-order chi connectivity index (χ0) is 18.8. The fourth-order valence-electron chi connectivity index (χ4n) is 5.91. The van der Waals surface area contributed by atoms with Gasteiger partial charge in [-0.15, -0.1) is 0 Å². The number of ether oxygens (including phenoxy) is 1. The van der Waals surface area contributed by atoms with E-state index in [-0.39, 0.29) is 5.91 Å². The normalized spacial score (nSPS) is 32.3. The van der Waals surface area contributed by atoms with Crippen LogP contribution in [0.3, 0.4) is 0 Å². The van der Waals surface area contributed by atoms with E-state index in [9.17, 15) is 9.59 Å². The number of hydrogen-bond acceptors (Lipinski definition) is 3. The number of carbonyl (C=O) groups is 2. The average molecular weight is 365 g/mol. The topological polar surface area (TPSA) is 67.4 Å². The van der Waals surface area contributed by atoms with E-state index in [0.29, 0.717) is 24.8 Å². The van der Waals surface area contributed by atoms with E-state index in [1.54, 1.807) is 0 Å². The van der Waals surface area contributed by atoms with Crippen LogP contribution in [0.15, 0.2) is 0 Å². The van der Waals surface area contributed by atoms with Gasteiger partial charge in [0.05, 0.1) is 0 Å². The molecule has 2 N–H and O–H groups in total. The summed E-state index contributed by atoms with van der Waals surface area (Å²) in [7, 11) is 0. The Balaban J connectivity index is 1.27. The summed E-state index contributed by atoms with van der Waals surface area (Å²) >= 11 is 0. The second kappa shape index (κ2) is 7.77. The van der Waals surface area contributed by atoms with Crippen LogP contribution in [-0.2, 0) is 9.53 Å². The molecular formula is C21H36N2O3. The van der Waals surface area contributed by atoms with Gasteiger partial charge in [-0.1, -0.05) is 0 Å². The second-order valence-corrected chi connectivity index (χ2v) is 10.0. The number of rotatable bonds is 7. The van der Waals surface area contributed by atoms with Gasteiger partial charge >= 0.3 is 6.09 Å². The van der Waals surface area contributed by atoms with Crippen LogP contribution in [0.25, 0.3) is 0 Å². The molecule has 2 amide bonds. The van der Waals surface area contributed by atoms with Crippen molar-refractivity contribution >= 4 is 12.0 Å². The predicted molar refractivity (Wildman–Crippen MR) is 102 cm³/mol. The van der Waals surface area contributed by atoms with Gasteiger partial charge in [0.25, 0.3) is 0 Å². The third-order valence-electron chi connectivity index (χ3n) is 6.39. The fourth-order valence-corrected chi connectivity index (χ4v) is 5.91. The Morgan fingerprint density at radius 1 is 0.962 bits per heavy atom. The molecule has 4 fully saturated rings. The first-order valence-electron chi connectivity index (χ1n) is 10.5. The summed E-state index contributed by atoms with van der Waals surface area (Å²) < 4.78 is 5.18. The Morgan fingerprint density at radius 3 is 2.08 bits per heavy atom. The number of nitrogens with one attached hydrogen (secondary N) is 2. The Hall–Kier alpha value is -1.26. The number of amides is 2. The maximum Gasteiger partial charge on any atom is 0.407 e. The molecule has 4 bridgehead atoms. The molecule has 5 heteroatoms. The van der Waals surface area contributed by atoms with Crippen molar-refractivity contribution in [1.29, 1.82) is 0 Å². The number of carbonyl (C=O) groups excluding carboxylic acids is 2. The Morgan fingerprint density at radius 2 is 1.54 bits per heavy atom. The van der Waals surface area contributed by atoms with Crippen LogP contribution in [0.2, 0.25) is 0 Å². The minimum Gasteiger partial charge on any atom is -0.444 e. The smallest absolute Gasteiger partial charge is 0.407 e. The van der Waals surface area contributed by atoms with Crippen LogP contribution in [0.4, 0.5) is 4.79 Å². The lowest BCUT2D eigenvalue weighted by molar-refractivity contribution is -0.121. The summed E-state index contributed by atoms with van der Waals surface area (Å²) in [6, 6.07) is 0. The highest BCUT2D eigenvalue weighted by molar-refractivity contribution is 5.75. The molecule has 0 aromatic heterocycles. The maximum absolute atomic E-state index is 12.0. The minimum atomic E-state index is -0.487. The first kappa shape index (κ1) is 19.5. The lowest BCUT2D eigenvalue weighted by Gasteiger charge is -2.57. The molecule has 0 spiro atoms. The van der Waals surface area contributed by atoms with E-state index in [1.165, 1.54) is 38.5 Å². The predicted octanol–water partition coefficient (Wildman–Crippen LogP) is 4.01. The molecular weight excluding hydrogens is 328 g/mol. The van der Waals surface area contributed by atoms with Crippen molar-refractivity contribution in [3.63, 3.8) is 0 Å². The first-order chi connectivity index (χ1) is 12.2. The molecule has 4 rings (SSSR count). The zero-order valence-electron chi connectivity index (χ0n) is 16.7. The lowest BCUT2D eigenvalue weighted by atomic mass is 9.49. The van der Waals surface area contributed by atoms with E-state index >= 15 is 0 Å². The van der Waals surface area contributed by atoms with Crippen molar-refractivity contribution in [2.24, 2.45) is 23.2 Å². The SMILES string of the molecule is CC(C)(C)OC(=O)NCCCC(=O)NCCC12CC3CC(CC(C3)C1)C2. The summed E-state index contributed by atoms with van der Waals surface area (Å²) in [6.45, 7) is 6.79. The largest absolute Gasteiger partial charge is 0.444 e. The van der Waals surface area contributed by atoms with Gasteiger partial charge in [-0.05, 0) is 95.3 Å². The van der Waals surface area contributed by atoms with Crippen LogP contribution in [0, 0.1) is 23.2 Å². The van der Waals surface area contributed by atoms with Crippen LogP contribution in [-0.4, -0.2) is 30.7 Å². The highest BCUT2D eigenvalue weighted by Gasteiger charge is 2.50. The Kier molecular flexibility index (Phi) is 5.83. The van der Waals surface area contributed by atoms with Crippen molar-refractivity contribution in [3.8, 4) is 0 Å². The zero-order valence-corrected chi connectivity index (χ0v) is 16.7. The molecule has 0 aliphatic heterocycles. The van der Waals surface area contributed by atoms with Gasteiger partial charge in [-0.25, -0.2) is 4.79 Å². The molecule has 4 saturated carbocycles. The second-order valence-electron chi connectivity index (χ2n) is 10.0. The molecule has 0 radical (unpaired) electrons. The van der Waals surface area contributed by atoms with Gasteiger partial charge in [0, 0.05) is 19.5 Å². The molecule has 4 aliphatic rings. The van der Waals surface area contributed by atoms with Crippen molar-refractivity contribution in [1.82, 2.24) is 10.6 Å². The highest BCUT2D eigenvalue weighted by Crippen LogP contribution is 2.61. The highest BCUT2D eigenvalue weighted by atomic mass is 16.6. The molecule has 5 nitrogen and oxygen atoms in total. The Bertz CT molecular complexity index is 489. The number of hydrogen-bond donors (Lipinski definition) is 2. The van der Waals surface area contributed by atoms with Crippen LogP contribution in [0.5, 0.6) is 0 Å². The monoisotopic (exact) mass is 364 g/mol. The molecule has 0 heterocycles. The summed E-state index contributed by atoms with van der Waals surface area (Å²) in [5.41, 5.74) is 0.0407. The van der Waals surface area contributed by atoms with E-state index in [2.05, 4.69) is 10.6 Å². The van der Waals surface area contributed by atoms with E-state index in [0.717, 1.165) is 30.7 Å². The summed E-state index contributed by atoms with van der Waals surface area (Å²) in [5.74, 6) is 3.00. The molecule has 0 aromatic rings. The third kappa shape index (κ3) is 5.37. The molecule has 26 heavy (non-hydrogen) atoms. The van der Waals surface area contributed by atoms with Crippen LogP contribution >= 0.6 is 0 Å². The quantitative estimate of drug-likeness (QED) is 0.671.